The molecule has 0 aliphatic heterocycles. The van der Waals surface area contributed by atoms with Gasteiger partial charge >= 0.3 is 0 Å². The molecule has 7 heteroatoms. The molecule has 1 unspecified atom stereocenters. The molecular weight excluding hydrogens is 316 g/mol. The number of nitro benzene ring substituents is 1. The minimum absolute atomic E-state index is 0.0563. The maximum atomic E-state index is 10.7. The SMILES string of the molecule is CC(C)NCC(O)COc1cc(Br)cc([N+](=O)[O-])c1. The number of halogens is 1. The number of aliphatic hydroxyl groups excluding tert-OH is 1. The number of ether oxygens (including phenoxy) is 1. The van der Waals surface area contributed by atoms with E-state index in [1.54, 1.807) is 6.07 Å². The van der Waals surface area contributed by atoms with Crippen LogP contribution in [0.4, 0.5) is 5.69 Å². The second kappa shape index (κ2) is 7.42. The zero-order chi connectivity index (χ0) is 14.4. The first kappa shape index (κ1) is 15.9. The molecule has 1 rings (SSSR count). The molecule has 0 aromatic heterocycles. The highest BCUT2D eigenvalue weighted by molar-refractivity contribution is 9.10. The number of nitrogens with zero attached hydrogens (tertiary/aromatic N) is 1. The van der Waals surface area contributed by atoms with Gasteiger partial charge in [0.2, 0.25) is 0 Å². The first-order chi connectivity index (χ1) is 8.88. The fraction of sp³-hybridized carbons (Fsp3) is 0.500. The van der Waals surface area contributed by atoms with Crippen LogP contribution in [0.15, 0.2) is 22.7 Å². The first-order valence-corrected chi connectivity index (χ1v) is 6.67. The average molecular weight is 333 g/mol. The van der Waals surface area contributed by atoms with Crippen LogP contribution in [0.3, 0.4) is 0 Å². The standard InChI is InChI=1S/C12H17BrN2O4/c1-8(2)14-6-11(16)7-19-12-4-9(13)3-10(5-12)15(17)18/h3-5,8,11,14,16H,6-7H2,1-2H3. The molecule has 0 spiro atoms. The van der Waals surface area contributed by atoms with Crippen molar-refractivity contribution in [2.45, 2.75) is 26.0 Å². The molecule has 0 heterocycles. The van der Waals surface area contributed by atoms with E-state index in [9.17, 15) is 15.2 Å². The second-order valence-electron chi connectivity index (χ2n) is 4.43. The van der Waals surface area contributed by atoms with E-state index < -0.39 is 11.0 Å². The Kier molecular flexibility index (Phi) is 6.20. The molecule has 0 fully saturated rings. The van der Waals surface area contributed by atoms with Gasteiger partial charge in [0.1, 0.15) is 18.5 Å². The van der Waals surface area contributed by atoms with Gasteiger partial charge in [0.25, 0.3) is 5.69 Å². The highest BCUT2D eigenvalue weighted by Gasteiger charge is 2.11. The summed E-state index contributed by atoms with van der Waals surface area (Å²) in [7, 11) is 0. The number of nitro groups is 1. The van der Waals surface area contributed by atoms with Crippen LogP contribution in [0.2, 0.25) is 0 Å². The number of nitrogens with one attached hydrogen (secondary N) is 1. The highest BCUT2D eigenvalue weighted by atomic mass is 79.9. The predicted octanol–water partition coefficient (Wildman–Crippen LogP) is 2.09. The maximum absolute atomic E-state index is 10.7. The van der Waals surface area contributed by atoms with E-state index in [1.807, 2.05) is 13.8 Å². The van der Waals surface area contributed by atoms with Crippen molar-refractivity contribution < 1.29 is 14.8 Å². The van der Waals surface area contributed by atoms with E-state index in [4.69, 9.17) is 4.74 Å². The molecule has 106 valence electrons. The summed E-state index contributed by atoms with van der Waals surface area (Å²) in [6.45, 7) is 4.44. The Labute approximate surface area is 120 Å². The van der Waals surface area contributed by atoms with Crippen molar-refractivity contribution in [3.63, 3.8) is 0 Å². The van der Waals surface area contributed by atoms with Crippen LogP contribution in [-0.2, 0) is 0 Å². The van der Waals surface area contributed by atoms with Gasteiger partial charge in [0.05, 0.1) is 11.0 Å². The molecule has 0 saturated heterocycles. The number of rotatable bonds is 7. The van der Waals surface area contributed by atoms with Crippen molar-refractivity contribution in [2.24, 2.45) is 0 Å². The molecular formula is C12H17BrN2O4. The smallest absolute Gasteiger partial charge is 0.274 e. The van der Waals surface area contributed by atoms with Crippen molar-refractivity contribution >= 4 is 21.6 Å². The third kappa shape index (κ3) is 6.00. The molecule has 0 radical (unpaired) electrons. The zero-order valence-corrected chi connectivity index (χ0v) is 12.4. The highest BCUT2D eigenvalue weighted by Crippen LogP contribution is 2.26. The normalized spacial score (nSPS) is 12.5. The van der Waals surface area contributed by atoms with Crippen LogP contribution in [-0.4, -0.2) is 35.3 Å². The van der Waals surface area contributed by atoms with E-state index in [-0.39, 0.29) is 18.3 Å². The quantitative estimate of drug-likeness (QED) is 0.590. The molecule has 0 aliphatic rings. The molecule has 0 aliphatic carbocycles. The Hall–Kier alpha value is -1.18. The Morgan fingerprint density at radius 2 is 2.16 bits per heavy atom. The summed E-state index contributed by atoms with van der Waals surface area (Å²) in [4.78, 5) is 10.2. The summed E-state index contributed by atoms with van der Waals surface area (Å²) < 4.78 is 5.91. The lowest BCUT2D eigenvalue weighted by molar-refractivity contribution is -0.385. The number of non-ortho nitro benzene ring substituents is 1. The van der Waals surface area contributed by atoms with E-state index >= 15 is 0 Å². The van der Waals surface area contributed by atoms with Crippen LogP contribution < -0.4 is 10.1 Å². The Morgan fingerprint density at radius 1 is 1.47 bits per heavy atom. The summed E-state index contributed by atoms with van der Waals surface area (Å²) in [5.41, 5.74) is -0.0563. The number of benzene rings is 1. The van der Waals surface area contributed by atoms with Gasteiger partial charge in [-0.05, 0) is 6.07 Å². The van der Waals surface area contributed by atoms with Crippen molar-refractivity contribution in [3.05, 3.63) is 32.8 Å². The van der Waals surface area contributed by atoms with Gasteiger partial charge in [-0.1, -0.05) is 29.8 Å². The average Bonchev–Trinajstić information content (AvgIpc) is 2.33. The van der Waals surface area contributed by atoms with Gasteiger partial charge in [0, 0.05) is 23.1 Å². The van der Waals surface area contributed by atoms with E-state index in [2.05, 4.69) is 21.2 Å². The van der Waals surface area contributed by atoms with Crippen molar-refractivity contribution in [2.75, 3.05) is 13.2 Å². The molecule has 1 aromatic carbocycles. The van der Waals surface area contributed by atoms with Gasteiger partial charge in [-0.15, -0.1) is 0 Å². The predicted molar refractivity (Wildman–Crippen MR) is 75.4 cm³/mol. The molecule has 19 heavy (non-hydrogen) atoms. The minimum Gasteiger partial charge on any atom is -0.491 e. The molecule has 1 aromatic rings. The van der Waals surface area contributed by atoms with E-state index in [0.717, 1.165) is 0 Å². The number of aliphatic hydroxyl groups is 1. The molecule has 0 amide bonds. The third-order valence-electron chi connectivity index (χ3n) is 2.27. The molecule has 1 atom stereocenters. The molecule has 0 bridgehead atoms. The van der Waals surface area contributed by atoms with Gasteiger partial charge in [-0.2, -0.15) is 0 Å². The lowest BCUT2D eigenvalue weighted by Crippen LogP contribution is -2.35. The van der Waals surface area contributed by atoms with E-state index in [0.29, 0.717) is 16.8 Å². The van der Waals surface area contributed by atoms with E-state index in [1.165, 1.54) is 12.1 Å². The molecule has 6 nitrogen and oxygen atoms in total. The third-order valence-corrected chi connectivity index (χ3v) is 2.73. The second-order valence-corrected chi connectivity index (χ2v) is 5.35. The Bertz CT molecular complexity index is 440. The largest absolute Gasteiger partial charge is 0.491 e. The van der Waals surface area contributed by atoms with Crippen LogP contribution in [0.25, 0.3) is 0 Å². The van der Waals surface area contributed by atoms with Crippen LogP contribution in [0, 0.1) is 10.1 Å². The Balaban J connectivity index is 2.55. The van der Waals surface area contributed by atoms with Gasteiger partial charge in [-0.25, -0.2) is 0 Å². The fourth-order valence-corrected chi connectivity index (χ4v) is 1.82. The van der Waals surface area contributed by atoms with Crippen molar-refractivity contribution in [1.29, 1.82) is 0 Å². The maximum Gasteiger partial charge on any atom is 0.274 e. The van der Waals surface area contributed by atoms with Crippen molar-refractivity contribution in [1.82, 2.24) is 5.32 Å². The minimum atomic E-state index is -0.666. The molecule has 2 N–H and O–H groups in total. The monoisotopic (exact) mass is 332 g/mol. The topological polar surface area (TPSA) is 84.6 Å². The van der Waals surface area contributed by atoms with Crippen LogP contribution in [0.1, 0.15) is 13.8 Å². The summed E-state index contributed by atoms with van der Waals surface area (Å²) in [6, 6.07) is 4.62. The summed E-state index contributed by atoms with van der Waals surface area (Å²) in [5.74, 6) is 0.352. The Morgan fingerprint density at radius 3 is 2.74 bits per heavy atom. The van der Waals surface area contributed by atoms with Crippen molar-refractivity contribution in [3.8, 4) is 5.75 Å². The first-order valence-electron chi connectivity index (χ1n) is 5.87. The zero-order valence-electron chi connectivity index (χ0n) is 10.8. The summed E-state index contributed by atoms with van der Waals surface area (Å²) >= 11 is 3.18. The van der Waals surface area contributed by atoms with Crippen LogP contribution in [0.5, 0.6) is 5.75 Å². The van der Waals surface area contributed by atoms with Gasteiger partial charge in [-0.3, -0.25) is 10.1 Å². The number of hydrogen-bond donors (Lipinski definition) is 2. The molecule has 0 saturated carbocycles. The lowest BCUT2D eigenvalue weighted by Gasteiger charge is -2.15. The van der Waals surface area contributed by atoms with Gasteiger partial charge in [0.15, 0.2) is 0 Å². The lowest BCUT2D eigenvalue weighted by atomic mass is 10.3. The summed E-state index contributed by atoms with van der Waals surface area (Å²) in [5, 5.41) is 23.4. The number of hydrogen-bond acceptors (Lipinski definition) is 5. The van der Waals surface area contributed by atoms with Gasteiger partial charge < -0.3 is 15.2 Å². The van der Waals surface area contributed by atoms with Crippen LogP contribution >= 0.6 is 15.9 Å². The summed E-state index contributed by atoms with van der Waals surface area (Å²) in [6.07, 6.45) is -0.666. The fourth-order valence-electron chi connectivity index (χ4n) is 1.36.